The first kappa shape index (κ1) is 13.2. The van der Waals surface area contributed by atoms with Crippen LogP contribution in [0, 0.1) is 0 Å². The van der Waals surface area contributed by atoms with Gasteiger partial charge in [0.2, 0.25) is 0 Å². The zero-order valence-corrected chi connectivity index (χ0v) is 9.91. The molecule has 0 saturated carbocycles. The molecular weight excluding hydrogens is 259 g/mol. The third kappa shape index (κ3) is 2.78. The number of hydrogen-bond acceptors (Lipinski definition) is 2. The monoisotopic (exact) mass is 269 g/mol. The molecule has 0 amide bonds. The van der Waals surface area contributed by atoms with Crippen LogP contribution in [-0.2, 0) is 10.9 Å². The van der Waals surface area contributed by atoms with Crippen LogP contribution in [-0.4, -0.2) is 18.1 Å². The highest BCUT2D eigenvalue weighted by molar-refractivity contribution is 5.88. The lowest BCUT2D eigenvalue weighted by Crippen LogP contribution is -2.04. The summed E-state index contributed by atoms with van der Waals surface area (Å²) >= 11 is 0. The second-order valence-electron chi connectivity index (χ2n) is 3.86. The summed E-state index contributed by atoms with van der Waals surface area (Å²) in [7, 11) is 1.23. The fourth-order valence-corrected chi connectivity index (χ4v) is 1.66. The molecule has 100 valence electrons. The molecule has 2 aromatic rings. The first-order chi connectivity index (χ1) is 8.91. The van der Waals surface area contributed by atoms with E-state index in [9.17, 15) is 18.0 Å². The van der Waals surface area contributed by atoms with E-state index in [0.717, 1.165) is 12.1 Å². The number of methoxy groups -OCH3 is 1. The molecule has 1 aromatic carbocycles. The smallest absolute Gasteiger partial charge is 0.416 e. The molecule has 0 aliphatic rings. The molecule has 3 nitrogen and oxygen atoms in total. The van der Waals surface area contributed by atoms with Crippen LogP contribution >= 0.6 is 0 Å². The van der Waals surface area contributed by atoms with E-state index in [1.165, 1.54) is 31.4 Å². The summed E-state index contributed by atoms with van der Waals surface area (Å²) in [5.74, 6) is -0.571. The average Bonchev–Trinajstić information content (AvgIpc) is 2.86. The van der Waals surface area contributed by atoms with Crippen LogP contribution in [0.2, 0.25) is 0 Å². The predicted molar refractivity (Wildman–Crippen MR) is 62.6 cm³/mol. The molecule has 1 aromatic heterocycles. The van der Waals surface area contributed by atoms with Crippen molar-refractivity contribution in [3.05, 3.63) is 47.7 Å². The van der Waals surface area contributed by atoms with Crippen LogP contribution in [0.1, 0.15) is 16.1 Å². The standard InChI is InChI=1S/C13H10F3NO2/c1-19-12(18)11-6-5-10(17-11)8-3-2-4-9(7-8)13(14,15)16/h2-7,17H,1H3. The summed E-state index contributed by atoms with van der Waals surface area (Å²) in [5, 5.41) is 0. The van der Waals surface area contributed by atoms with Crippen molar-refractivity contribution >= 4 is 5.97 Å². The van der Waals surface area contributed by atoms with E-state index < -0.39 is 17.7 Å². The van der Waals surface area contributed by atoms with Crippen LogP contribution in [0.4, 0.5) is 13.2 Å². The van der Waals surface area contributed by atoms with E-state index in [1.807, 2.05) is 0 Å². The van der Waals surface area contributed by atoms with Gasteiger partial charge in [0.25, 0.3) is 0 Å². The number of H-pyrrole nitrogens is 1. The van der Waals surface area contributed by atoms with Crippen LogP contribution < -0.4 is 0 Å². The molecule has 0 atom stereocenters. The van der Waals surface area contributed by atoms with Gasteiger partial charge in [-0.3, -0.25) is 0 Å². The van der Waals surface area contributed by atoms with Gasteiger partial charge in [-0.1, -0.05) is 12.1 Å². The highest BCUT2D eigenvalue weighted by Crippen LogP contribution is 2.31. The highest BCUT2D eigenvalue weighted by Gasteiger charge is 2.30. The summed E-state index contributed by atoms with van der Waals surface area (Å²) < 4.78 is 42.3. The Morgan fingerprint density at radius 1 is 1.21 bits per heavy atom. The number of halogens is 3. The average molecular weight is 269 g/mol. The molecule has 19 heavy (non-hydrogen) atoms. The van der Waals surface area contributed by atoms with Gasteiger partial charge < -0.3 is 9.72 Å². The minimum absolute atomic E-state index is 0.190. The van der Waals surface area contributed by atoms with Gasteiger partial charge in [0.1, 0.15) is 5.69 Å². The maximum atomic E-state index is 12.6. The highest BCUT2D eigenvalue weighted by atomic mass is 19.4. The minimum atomic E-state index is -4.40. The van der Waals surface area contributed by atoms with E-state index in [1.54, 1.807) is 0 Å². The number of carbonyl (C=O) groups is 1. The molecule has 2 rings (SSSR count). The Balaban J connectivity index is 2.37. The Kier molecular flexibility index (Phi) is 3.33. The summed E-state index contributed by atoms with van der Waals surface area (Å²) in [6.45, 7) is 0. The van der Waals surface area contributed by atoms with Crippen molar-refractivity contribution in [1.29, 1.82) is 0 Å². The molecule has 0 aliphatic heterocycles. The minimum Gasteiger partial charge on any atom is -0.464 e. The van der Waals surface area contributed by atoms with Crippen molar-refractivity contribution in [1.82, 2.24) is 4.98 Å². The van der Waals surface area contributed by atoms with E-state index in [4.69, 9.17) is 0 Å². The van der Waals surface area contributed by atoms with Gasteiger partial charge in [0.05, 0.1) is 12.7 Å². The quantitative estimate of drug-likeness (QED) is 0.848. The number of carbonyl (C=O) groups excluding carboxylic acids is 1. The van der Waals surface area contributed by atoms with Gasteiger partial charge in [0.15, 0.2) is 0 Å². The lowest BCUT2D eigenvalue weighted by molar-refractivity contribution is -0.137. The zero-order chi connectivity index (χ0) is 14.0. The van der Waals surface area contributed by atoms with Gasteiger partial charge in [-0.2, -0.15) is 13.2 Å². The van der Waals surface area contributed by atoms with Gasteiger partial charge in [-0.05, 0) is 29.8 Å². The fourth-order valence-electron chi connectivity index (χ4n) is 1.66. The van der Waals surface area contributed by atoms with Gasteiger partial charge in [0, 0.05) is 5.69 Å². The Bertz CT molecular complexity index is 602. The van der Waals surface area contributed by atoms with Crippen LogP contribution in [0.25, 0.3) is 11.3 Å². The van der Waals surface area contributed by atoms with Gasteiger partial charge in [-0.25, -0.2) is 4.79 Å². The first-order valence-corrected chi connectivity index (χ1v) is 5.37. The maximum absolute atomic E-state index is 12.6. The number of alkyl halides is 3. The summed E-state index contributed by atoms with van der Waals surface area (Å²) in [4.78, 5) is 14.0. The lowest BCUT2D eigenvalue weighted by atomic mass is 10.1. The number of ether oxygens (including phenoxy) is 1. The normalized spacial score (nSPS) is 11.4. The SMILES string of the molecule is COC(=O)c1ccc(-c2cccc(C(F)(F)F)c2)[nH]1. The Labute approximate surface area is 107 Å². The van der Waals surface area contributed by atoms with E-state index in [2.05, 4.69) is 9.72 Å². The molecular formula is C13H10F3NO2. The molecule has 1 N–H and O–H groups in total. The molecule has 0 unspecified atom stereocenters. The third-order valence-corrected chi connectivity index (χ3v) is 2.59. The van der Waals surface area contributed by atoms with Crippen molar-refractivity contribution in [3.63, 3.8) is 0 Å². The Morgan fingerprint density at radius 3 is 2.58 bits per heavy atom. The molecule has 1 heterocycles. The van der Waals surface area contributed by atoms with Crippen LogP contribution in [0.5, 0.6) is 0 Å². The van der Waals surface area contributed by atoms with E-state index >= 15 is 0 Å². The van der Waals surface area contributed by atoms with Crippen molar-refractivity contribution in [3.8, 4) is 11.3 Å². The molecule has 6 heteroatoms. The van der Waals surface area contributed by atoms with Crippen molar-refractivity contribution in [2.75, 3.05) is 7.11 Å². The third-order valence-electron chi connectivity index (χ3n) is 2.59. The molecule has 0 radical (unpaired) electrons. The second kappa shape index (κ2) is 4.79. The molecule has 0 aliphatic carbocycles. The number of nitrogens with one attached hydrogen (secondary N) is 1. The largest absolute Gasteiger partial charge is 0.464 e. The summed E-state index contributed by atoms with van der Waals surface area (Å²) in [5.41, 5.74) is 0.227. The molecule has 0 fully saturated rings. The van der Waals surface area contributed by atoms with E-state index in [0.29, 0.717) is 11.3 Å². The summed E-state index contributed by atoms with van der Waals surface area (Å²) in [6, 6.07) is 7.85. The van der Waals surface area contributed by atoms with Crippen molar-refractivity contribution in [2.24, 2.45) is 0 Å². The number of rotatable bonds is 2. The maximum Gasteiger partial charge on any atom is 0.416 e. The van der Waals surface area contributed by atoms with Crippen LogP contribution in [0.15, 0.2) is 36.4 Å². The lowest BCUT2D eigenvalue weighted by Gasteiger charge is -2.07. The predicted octanol–water partition coefficient (Wildman–Crippen LogP) is 3.49. The Morgan fingerprint density at radius 2 is 1.95 bits per heavy atom. The van der Waals surface area contributed by atoms with Crippen molar-refractivity contribution < 1.29 is 22.7 Å². The number of aromatic amines is 1. The number of aromatic nitrogens is 1. The zero-order valence-electron chi connectivity index (χ0n) is 9.91. The summed E-state index contributed by atoms with van der Waals surface area (Å²) in [6.07, 6.45) is -4.40. The van der Waals surface area contributed by atoms with Crippen LogP contribution in [0.3, 0.4) is 0 Å². The number of benzene rings is 1. The Hall–Kier alpha value is -2.24. The molecule has 0 bridgehead atoms. The van der Waals surface area contributed by atoms with E-state index in [-0.39, 0.29) is 5.69 Å². The molecule has 0 spiro atoms. The number of esters is 1. The molecule has 0 saturated heterocycles. The van der Waals surface area contributed by atoms with Gasteiger partial charge >= 0.3 is 12.1 Å². The fraction of sp³-hybridized carbons (Fsp3) is 0.154. The first-order valence-electron chi connectivity index (χ1n) is 5.37. The van der Waals surface area contributed by atoms with Crippen molar-refractivity contribution in [2.45, 2.75) is 6.18 Å². The van der Waals surface area contributed by atoms with Gasteiger partial charge in [-0.15, -0.1) is 0 Å². The second-order valence-corrected chi connectivity index (χ2v) is 3.86. The topological polar surface area (TPSA) is 42.1 Å². The number of hydrogen-bond donors (Lipinski definition) is 1.